The lowest BCUT2D eigenvalue weighted by molar-refractivity contribution is 0.302. The van der Waals surface area contributed by atoms with Gasteiger partial charge in [0.2, 0.25) is 0 Å². The lowest BCUT2D eigenvalue weighted by atomic mass is 9.87. The number of nitrogens with one attached hydrogen (secondary N) is 1. The molecule has 0 radical (unpaired) electrons. The smallest absolute Gasteiger partial charge is 0.153 e. The molecule has 1 N–H and O–H groups in total. The van der Waals surface area contributed by atoms with Crippen molar-refractivity contribution in [2.45, 2.75) is 57.2 Å². The van der Waals surface area contributed by atoms with Gasteiger partial charge in [-0.3, -0.25) is 0 Å². The number of rotatable bonds is 4. The van der Waals surface area contributed by atoms with Crippen molar-refractivity contribution < 1.29 is 8.42 Å². The fraction of sp³-hybridized carbons (Fsp3) is 1.00. The summed E-state index contributed by atoms with van der Waals surface area (Å²) in [6.45, 7) is 6.43. The zero-order valence-electron chi connectivity index (χ0n) is 10.9. The van der Waals surface area contributed by atoms with E-state index in [9.17, 15) is 8.42 Å². The molecule has 0 aromatic carbocycles. The molecule has 0 amide bonds. The minimum atomic E-state index is -2.98. The van der Waals surface area contributed by atoms with Gasteiger partial charge in [-0.1, -0.05) is 6.92 Å². The SMILES string of the molecule is CC1CCC(NCC(C)(C)S(C)(=O)=O)CC1. The summed E-state index contributed by atoms with van der Waals surface area (Å²) in [6, 6.07) is 0.511. The standard InChI is InChI=1S/C12H25NO2S/c1-10-5-7-11(8-6-10)13-9-12(2,3)16(4,14)15/h10-11,13H,5-9H2,1-4H3. The Morgan fingerprint density at radius 3 is 2.12 bits per heavy atom. The normalized spacial score (nSPS) is 28.0. The highest BCUT2D eigenvalue weighted by Crippen LogP contribution is 2.24. The van der Waals surface area contributed by atoms with Crippen molar-refractivity contribution in [2.24, 2.45) is 5.92 Å². The van der Waals surface area contributed by atoms with Crippen molar-refractivity contribution in [2.75, 3.05) is 12.8 Å². The molecule has 1 saturated carbocycles. The molecule has 3 nitrogen and oxygen atoms in total. The molecular weight excluding hydrogens is 222 g/mol. The van der Waals surface area contributed by atoms with E-state index in [1.165, 1.54) is 31.9 Å². The number of sulfone groups is 1. The van der Waals surface area contributed by atoms with Crippen LogP contribution in [0.3, 0.4) is 0 Å². The van der Waals surface area contributed by atoms with E-state index in [0.29, 0.717) is 12.6 Å². The molecule has 16 heavy (non-hydrogen) atoms. The van der Waals surface area contributed by atoms with Gasteiger partial charge in [-0.25, -0.2) is 8.42 Å². The summed E-state index contributed by atoms with van der Waals surface area (Å²) in [5.41, 5.74) is 0. The minimum absolute atomic E-state index is 0.511. The second-order valence-electron chi connectivity index (χ2n) is 5.87. The van der Waals surface area contributed by atoms with E-state index in [1.807, 2.05) is 0 Å². The molecule has 0 aromatic rings. The lowest BCUT2D eigenvalue weighted by Gasteiger charge is -2.30. The van der Waals surface area contributed by atoms with Crippen molar-refractivity contribution in [3.05, 3.63) is 0 Å². The minimum Gasteiger partial charge on any atom is -0.312 e. The van der Waals surface area contributed by atoms with Crippen LogP contribution in [-0.4, -0.2) is 32.0 Å². The average Bonchev–Trinajstić information content (AvgIpc) is 2.15. The van der Waals surface area contributed by atoms with E-state index >= 15 is 0 Å². The zero-order valence-corrected chi connectivity index (χ0v) is 11.7. The van der Waals surface area contributed by atoms with Crippen LogP contribution in [0.25, 0.3) is 0 Å². The van der Waals surface area contributed by atoms with Crippen molar-refractivity contribution >= 4 is 9.84 Å². The lowest BCUT2D eigenvalue weighted by Crippen LogP contribution is -2.46. The van der Waals surface area contributed by atoms with Crippen LogP contribution in [0.1, 0.15) is 46.5 Å². The Hall–Kier alpha value is -0.0900. The maximum Gasteiger partial charge on any atom is 0.153 e. The van der Waals surface area contributed by atoms with Crippen molar-refractivity contribution in [1.29, 1.82) is 0 Å². The maximum absolute atomic E-state index is 11.5. The van der Waals surface area contributed by atoms with Crippen molar-refractivity contribution in [3.8, 4) is 0 Å². The van der Waals surface area contributed by atoms with Gasteiger partial charge in [0, 0.05) is 18.8 Å². The van der Waals surface area contributed by atoms with Crippen LogP contribution in [0.2, 0.25) is 0 Å². The van der Waals surface area contributed by atoms with E-state index in [4.69, 9.17) is 0 Å². The molecule has 0 atom stereocenters. The van der Waals surface area contributed by atoms with Crippen molar-refractivity contribution in [3.63, 3.8) is 0 Å². The summed E-state index contributed by atoms with van der Waals surface area (Å²) in [5, 5.41) is 3.41. The van der Waals surface area contributed by atoms with E-state index in [2.05, 4.69) is 12.2 Å². The first-order valence-electron chi connectivity index (χ1n) is 6.15. The van der Waals surface area contributed by atoms with Gasteiger partial charge in [0.05, 0.1) is 4.75 Å². The van der Waals surface area contributed by atoms with Gasteiger partial charge in [0.1, 0.15) is 0 Å². The van der Waals surface area contributed by atoms with Crippen LogP contribution < -0.4 is 5.32 Å². The Morgan fingerprint density at radius 2 is 1.69 bits per heavy atom. The van der Waals surface area contributed by atoms with Gasteiger partial charge in [-0.2, -0.15) is 0 Å². The van der Waals surface area contributed by atoms with Gasteiger partial charge in [0.15, 0.2) is 9.84 Å². The third kappa shape index (κ3) is 3.74. The molecule has 96 valence electrons. The molecule has 1 aliphatic rings. The van der Waals surface area contributed by atoms with Crippen LogP contribution in [0.15, 0.2) is 0 Å². The van der Waals surface area contributed by atoms with Gasteiger partial charge in [0.25, 0.3) is 0 Å². The van der Waals surface area contributed by atoms with E-state index in [0.717, 1.165) is 5.92 Å². The van der Waals surface area contributed by atoms with Crippen LogP contribution in [0.5, 0.6) is 0 Å². The van der Waals surface area contributed by atoms with Crippen LogP contribution in [0, 0.1) is 5.92 Å². The molecule has 0 heterocycles. The highest BCUT2D eigenvalue weighted by Gasteiger charge is 2.31. The first kappa shape index (κ1) is 14.0. The molecular formula is C12H25NO2S. The van der Waals surface area contributed by atoms with Crippen LogP contribution >= 0.6 is 0 Å². The van der Waals surface area contributed by atoms with E-state index in [1.54, 1.807) is 13.8 Å². The van der Waals surface area contributed by atoms with Gasteiger partial charge in [-0.15, -0.1) is 0 Å². The topological polar surface area (TPSA) is 46.2 Å². The van der Waals surface area contributed by atoms with Gasteiger partial charge >= 0.3 is 0 Å². The molecule has 1 fully saturated rings. The molecule has 0 spiro atoms. The average molecular weight is 247 g/mol. The van der Waals surface area contributed by atoms with Crippen molar-refractivity contribution in [1.82, 2.24) is 5.32 Å². The summed E-state index contributed by atoms with van der Waals surface area (Å²) in [6.07, 6.45) is 6.20. The fourth-order valence-corrected chi connectivity index (χ4v) is 2.33. The second kappa shape index (κ2) is 5.05. The third-order valence-electron chi connectivity index (χ3n) is 3.84. The zero-order chi connectivity index (χ0) is 12.4. The Labute approximate surface area is 99.9 Å². The summed E-state index contributed by atoms with van der Waals surface area (Å²) >= 11 is 0. The Kier molecular flexibility index (Phi) is 4.41. The molecule has 1 rings (SSSR count). The highest BCUT2D eigenvalue weighted by atomic mass is 32.2. The monoisotopic (exact) mass is 247 g/mol. The summed E-state index contributed by atoms with van der Waals surface area (Å²) in [4.78, 5) is 0. The third-order valence-corrected chi connectivity index (χ3v) is 5.99. The summed E-state index contributed by atoms with van der Waals surface area (Å²) in [7, 11) is -2.98. The van der Waals surface area contributed by atoms with Crippen LogP contribution in [-0.2, 0) is 9.84 Å². The Morgan fingerprint density at radius 1 is 1.19 bits per heavy atom. The molecule has 0 aliphatic heterocycles. The predicted molar refractivity (Wildman–Crippen MR) is 68.3 cm³/mol. The van der Waals surface area contributed by atoms with Gasteiger partial charge in [-0.05, 0) is 45.4 Å². The number of hydrogen-bond acceptors (Lipinski definition) is 3. The largest absolute Gasteiger partial charge is 0.312 e. The Bertz CT molecular complexity index is 314. The molecule has 0 unspecified atom stereocenters. The molecule has 4 heteroatoms. The second-order valence-corrected chi connectivity index (χ2v) is 8.52. The Balaban J connectivity index is 2.40. The first-order valence-corrected chi connectivity index (χ1v) is 8.04. The van der Waals surface area contributed by atoms with Crippen LogP contribution in [0.4, 0.5) is 0 Å². The van der Waals surface area contributed by atoms with E-state index < -0.39 is 14.6 Å². The molecule has 0 aromatic heterocycles. The first-order chi connectivity index (χ1) is 7.22. The molecule has 0 bridgehead atoms. The van der Waals surface area contributed by atoms with E-state index in [-0.39, 0.29) is 0 Å². The quantitative estimate of drug-likeness (QED) is 0.826. The molecule has 1 aliphatic carbocycles. The molecule has 0 saturated heterocycles. The number of hydrogen-bond donors (Lipinski definition) is 1. The highest BCUT2D eigenvalue weighted by molar-refractivity contribution is 7.92. The maximum atomic E-state index is 11.5. The fourth-order valence-electron chi connectivity index (χ4n) is 1.99. The summed E-state index contributed by atoms with van der Waals surface area (Å²) in [5.74, 6) is 0.834. The summed E-state index contributed by atoms with van der Waals surface area (Å²) < 4.78 is 22.4. The predicted octanol–water partition coefficient (Wildman–Crippen LogP) is 1.98. The van der Waals surface area contributed by atoms with Gasteiger partial charge < -0.3 is 5.32 Å².